The highest BCUT2D eigenvalue weighted by Gasteiger charge is 1.97. The molecule has 4 heteroatoms. The van der Waals surface area contributed by atoms with E-state index in [9.17, 15) is 0 Å². The van der Waals surface area contributed by atoms with E-state index >= 15 is 0 Å². The van der Waals surface area contributed by atoms with Gasteiger partial charge in [0.05, 0.1) is 0 Å². The summed E-state index contributed by atoms with van der Waals surface area (Å²) in [5, 5.41) is 0.860. The molecule has 0 aliphatic rings. The minimum atomic E-state index is 0.515. The fraction of sp³-hybridized carbons (Fsp3) is 0.600. The molecule has 0 aliphatic heterocycles. The summed E-state index contributed by atoms with van der Waals surface area (Å²) in [7, 11) is 0. The van der Waals surface area contributed by atoms with Gasteiger partial charge in [0.25, 0.3) is 0 Å². The lowest BCUT2D eigenvalue weighted by atomic mass is 10.3. The van der Waals surface area contributed by atoms with Crippen LogP contribution in [-0.4, -0.2) is 15.7 Å². The van der Waals surface area contributed by atoms with Gasteiger partial charge in [0.2, 0.25) is 0 Å². The van der Waals surface area contributed by atoms with Crippen LogP contribution in [0.1, 0.15) is 31.7 Å². The van der Waals surface area contributed by atoms with Crippen molar-refractivity contribution in [2.24, 2.45) is 5.73 Å². The number of nitrogens with zero attached hydrogens (tertiary/aromatic N) is 2. The first-order valence-corrected chi connectivity index (χ1v) is 5.99. The molecule has 1 heterocycles. The normalized spacial score (nSPS) is 10.4. The zero-order chi connectivity index (χ0) is 10.2. The van der Waals surface area contributed by atoms with Crippen molar-refractivity contribution >= 4 is 11.8 Å². The average Bonchev–Trinajstić information content (AvgIpc) is 2.25. The Morgan fingerprint density at radius 3 is 2.57 bits per heavy atom. The highest BCUT2D eigenvalue weighted by atomic mass is 32.2. The van der Waals surface area contributed by atoms with E-state index in [1.54, 1.807) is 24.2 Å². The Morgan fingerprint density at radius 2 is 2.00 bits per heavy atom. The van der Waals surface area contributed by atoms with Crippen LogP contribution in [0.2, 0.25) is 0 Å². The molecule has 78 valence electrons. The maximum atomic E-state index is 5.45. The highest BCUT2D eigenvalue weighted by molar-refractivity contribution is 7.99. The van der Waals surface area contributed by atoms with Gasteiger partial charge in [0.15, 0.2) is 5.16 Å². The van der Waals surface area contributed by atoms with E-state index in [2.05, 4.69) is 16.9 Å². The van der Waals surface area contributed by atoms with Gasteiger partial charge < -0.3 is 5.73 Å². The number of rotatable bonds is 6. The highest BCUT2D eigenvalue weighted by Crippen LogP contribution is 2.14. The van der Waals surface area contributed by atoms with Crippen LogP contribution in [-0.2, 0) is 6.54 Å². The molecule has 0 unspecified atom stereocenters. The smallest absolute Gasteiger partial charge is 0.187 e. The maximum absolute atomic E-state index is 5.45. The van der Waals surface area contributed by atoms with Crippen molar-refractivity contribution in [2.75, 3.05) is 5.75 Å². The van der Waals surface area contributed by atoms with Crippen molar-refractivity contribution in [2.45, 2.75) is 37.9 Å². The Bertz CT molecular complexity index is 248. The Labute approximate surface area is 89.5 Å². The van der Waals surface area contributed by atoms with E-state index in [1.165, 1.54) is 19.3 Å². The molecule has 0 fully saturated rings. The Balaban J connectivity index is 2.29. The van der Waals surface area contributed by atoms with Crippen LogP contribution in [0.15, 0.2) is 17.6 Å². The molecule has 0 bridgehead atoms. The molecule has 2 N–H and O–H groups in total. The van der Waals surface area contributed by atoms with Crippen molar-refractivity contribution in [1.29, 1.82) is 0 Å². The van der Waals surface area contributed by atoms with Gasteiger partial charge >= 0.3 is 0 Å². The number of aromatic nitrogens is 2. The standard InChI is InChI=1S/C10H17N3S/c1-2-3-4-5-14-10-12-7-9(6-11)8-13-10/h7-8H,2-6,11H2,1H3. The first-order chi connectivity index (χ1) is 6.86. The van der Waals surface area contributed by atoms with Crippen LogP contribution >= 0.6 is 11.8 Å². The molecule has 0 aliphatic carbocycles. The van der Waals surface area contributed by atoms with Gasteiger partial charge in [-0.25, -0.2) is 9.97 Å². The maximum Gasteiger partial charge on any atom is 0.187 e. The predicted molar refractivity (Wildman–Crippen MR) is 60.2 cm³/mol. The summed E-state index contributed by atoms with van der Waals surface area (Å²) in [6, 6.07) is 0. The third-order valence-corrected chi connectivity index (χ3v) is 2.86. The van der Waals surface area contributed by atoms with Crippen molar-refractivity contribution < 1.29 is 0 Å². The summed E-state index contributed by atoms with van der Waals surface area (Å²) in [6.07, 6.45) is 7.38. The lowest BCUT2D eigenvalue weighted by Crippen LogP contribution is -1.98. The number of hydrogen-bond donors (Lipinski definition) is 1. The van der Waals surface area contributed by atoms with Gasteiger partial charge in [-0.2, -0.15) is 0 Å². The quantitative estimate of drug-likeness (QED) is 0.445. The van der Waals surface area contributed by atoms with Crippen LogP contribution in [0, 0.1) is 0 Å². The van der Waals surface area contributed by atoms with Crippen molar-refractivity contribution in [3.05, 3.63) is 18.0 Å². The number of nitrogens with two attached hydrogens (primary N) is 1. The molecule has 0 atom stereocenters. The van der Waals surface area contributed by atoms with E-state index in [0.29, 0.717) is 6.54 Å². The molecule has 0 radical (unpaired) electrons. The topological polar surface area (TPSA) is 51.8 Å². The van der Waals surface area contributed by atoms with Crippen molar-refractivity contribution in [3.8, 4) is 0 Å². The largest absolute Gasteiger partial charge is 0.326 e. The lowest BCUT2D eigenvalue weighted by molar-refractivity contribution is 0.777. The molecule has 0 amide bonds. The third kappa shape index (κ3) is 4.07. The van der Waals surface area contributed by atoms with Crippen LogP contribution in [0.4, 0.5) is 0 Å². The summed E-state index contributed by atoms with van der Waals surface area (Å²) >= 11 is 1.72. The van der Waals surface area contributed by atoms with E-state index in [4.69, 9.17) is 5.73 Å². The average molecular weight is 211 g/mol. The van der Waals surface area contributed by atoms with Crippen molar-refractivity contribution in [1.82, 2.24) is 9.97 Å². The first kappa shape index (κ1) is 11.5. The third-order valence-electron chi connectivity index (χ3n) is 1.90. The second-order valence-electron chi connectivity index (χ2n) is 3.13. The van der Waals surface area contributed by atoms with Crippen LogP contribution in [0.3, 0.4) is 0 Å². The second-order valence-corrected chi connectivity index (χ2v) is 4.20. The molecule has 0 spiro atoms. The monoisotopic (exact) mass is 211 g/mol. The zero-order valence-electron chi connectivity index (χ0n) is 8.57. The molecule has 0 aromatic carbocycles. The number of unbranched alkanes of at least 4 members (excludes halogenated alkanes) is 2. The zero-order valence-corrected chi connectivity index (χ0v) is 9.39. The molecule has 1 aromatic heterocycles. The van der Waals surface area contributed by atoms with Gasteiger partial charge in [0.1, 0.15) is 0 Å². The summed E-state index contributed by atoms with van der Waals surface area (Å²) in [4.78, 5) is 8.44. The minimum absolute atomic E-state index is 0.515. The van der Waals surface area contributed by atoms with E-state index in [0.717, 1.165) is 16.5 Å². The summed E-state index contributed by atoms with van der Waals surface area (Å²) in [5.41, 5.74) is 6.44. The number of thioether (sulfide) groups is 1. The molecule has 0 saturated carbocycles. The van der Waals surface area contributed by atoms with Crippen LogP contribution < -0.4 is 5.73 Å². The number of hydrogen-bond acceptors (Lipinski definition) is 4. The molecule has 3 nitrogen and oxygen atoms in total. The summed E-state index contributed by atoms with van der Waals surface area (Å²) < 4.78 is 0. The molecule has 0 saturated heterocycles. The van der Waals surface area contributed by atoms with Crippen LogP contribution in [0.25, 0.3) is 0 Å². The second kappa shape index (κ2) is 6.79. The van der Waals surface area contributed by atoms with Gasteiger partial charge in [-0.3, -0.25) is 0 Å². The predicted octanol–water partition coefficient (Wildman–Crippen LogP) is 2.22. The van der Waals surface area contributed by atoms with E-state index in [1.807, 2.05) is 0 Å². The molecule has 1 rings (SSSR count). The van der Waals surface area contributed by atoms with Crippen molar-refractivity contribution in [3.63, 3.8) is 0 Å². The molecule has 1 aromatic rings. The molecule has 14 heavy (non-hydrogen) atoms. The van der Waals surface area contributed by atoms with Gasteiger partial charge in [0, 0.05) is 30.3 Å². The van der Waals surface area contributed by atoms with Gasteiger partial charge in [-0.05, 0) is 6.42 Å². The fourth-order valence-corrected chi connectivity index (χ4v) is 1.82. The Kier molecular flexibility index (Phi) is 5.56. The molecular weight excluding hydrogens is 194 g/mol. The fourth-order valence-electron chi connectivity index (χ4n) is 1.04. The van der Waals surface area contributed by atoms with Gasteiger partial charge in [-0.15, -0.1) is 0 Å². The van der Waals surface area contributed by atoms with Crippen LogP contribution in [0.5, 0.6) is 0 Å². The van der Waals surface area contributed by atoms with Gasteiger partial charge in [-0.1, -0.05) is 31.5 Å². The summed E-state index contributed by atoms with van der Waals surface area (Å²) in [6.45, 7) is 2.72. The van der Waals surface area contributed by atoms with E-state index in [-0.39, 0.29) is 0 Å². The van der Waals surface area contributed by atoms with E-state index < -0.39 is 0 Å². The lowest BCUT2D eigenvalue weighted by Gasteiger charge is -2.00. The SMILES string of the molecule is CCCCCSc1ncc(CN)cn1. The first-order valence-electron chi connectivity index (χ1n) is 5.00. The Hall–Kier alpha value is -0.610. The molecular formula is C10H17N3S. The minimum Gasteiger partial charge on any atom is -0.326 e. The Morgan fingerprint density at radius 1 is 1.29 bits per heavy atom. The summed E-state index contributed by atoms with van der Waals surface area (Å²) in [5.74, 6) is 1.11.